The molecule has 6 heteroatoms. The zero-order valence-corrected chi connectivity index (χ0v) is 10.3. The van der Waals surface area contributed by atoms with Gasteiger partial charge in [0.15, 0.2) is 0 Å². The van der Waals surface area contributed by atoms with E-state index >= 15 is 0 Å². The van der Waals surface area contributed by atoms with Crippen LogP contribution in [-0.4, -0.2) is 23.0 Å². The molecule has 2 rings (SSSR count). The smallest absolute Gasteiger partial charge is 0.339 e. The zero-order chi connectivity index (χ0) is 13.0. The first-order valence-corrected chi connectivity index (χ1v) is 5.50. The zero-order valence-electron chi connectivity index (χ0n) is 9.55. The maximum atomic E-state index is 11.5. The van der Waals surface area contributed by atoms with Gasteiger partial charge in [-0.2, -0.15) is 0 Å². The van der Waals surface area contributed by atoms with E-state index in [-0.39, 0.29) is 0 Å². The second kappa shape index (κ2) is 5.46. The summed E-state index contributed by atoms with van der Waals surface area (Å²) < 4.78 is 4.64. The summed E-state index contributed by atoms with van der Waals surface area (Å²) >= 11 is 5.91. The molecule has 0 unspecified atom stereocenters. The summed E-state index contributed by atoms with van der Waals surface area (Å²) in [5, 5.41) is 3.30. The van der Waals surface area contributed by atoms with Crippen LogP contribution in [0.3, 0.4) is 0 Å². The van der Waals surface area contributed by atoms with Gasteiger partial charge in [0.25, 0.3) is 0 Å². The first kappa shape index (κ1) is 12.3. The SMILES string of the molecule is COC(=O)c1cc(Nc2ncccn2)ccc1Cl. The van der Waals surface area contributed by atoms with Gasteiger partial charge in [0.05, 0.1) is 17.7 Å². The Morgan fingerprint density at radius 1 is 1.33 bits per heavy atom. The van der Waals surface area contributed by atoms with E-state index in [2.05, 4.69) is 20.0 Å². The van der Waals surface area contributed by atoms with Crippen LogP contribution in [0.4, 0.5) is 11.6 Å². The van der Waals surface area contributed by atoms with E-state index in [0.29, 0.717) is 22.2 Å². The van der Waals surface area contributed by atoms with Crippen molar-refractivity contribution in [2.45, 2.75) is 0 Å². The number of nitrogens with one attached hydrogen (secondary N) is 1. The molecule has 2 aromatic rings. The molecule has 92 valence electrons. The minimum absolute atomic E-state index is 0.292. The Labute approximate surface area is 109 Å². The molecule has 0 fully saturated rings. The third-order valence-electron chi connectivity index (χ3n) is 2.19. The van der Waals surface area contributed by atoms with Crippen molar-refractivity contribution in [2.24, 2.45) is 0 Å². The highest BCUT2D eigenvalue weighted by Gasteiger charge is 2.11. The van der Waals surface area contributed by atoms with Gasteiger partial charge < -0.3 is 10.1 Å². The molecule has 0 atom stereocenters. The lowest BCUT2D eigenvalue weighted by molar-refractivity contribution is 0.0601. The Bertz CT molecular complexity index is 561. The summed E-state index contributed by atoms with van der Waals surface area (Å²) in [6, 6.07) is 6.64. The number of ether oxygens (including phenoxy) is 1. The first-order chi connectivity index (χ1) is 8.70. The highest BCUT2D eigenvalue weighted by atomic mass is 35.5. The van der Waals surface area contributed by atoms with Gasteiger partial charge in [-0.15, -0.1) is 0 Å². The number of aromatic nitrogens is 2. The van der Waals surface area contributed by atoms with E-state index in [1.807, 2.05) is 0 Å². The Hall–Kier alpha value is -2.14. The average Bonchev–Trinajstić information content (AvgIpc) is 2.41. The number of carbonyl (C=O) groups is 1. The molecule has 1 aromatic carbocycles. The van der Waals surface area contributed by atoms with E-state index in [1.165, 1.54) is 7.11 Å². The first-order valence-electron chi connectivity index (χ1n) is 5.12. The number of hydrogen-bond donors (Lipinski definition) is 1. The number of rotatable bonds is 3. The highest BCUT2D eigenvalue weighted by Crippen LogP contribution is 2.22. The second-order valence-electron chi connectivity index (χ2n) is 3.38. The van der Waals surface area contributed by atoms with Gasteiger partial charge in [0, 0.05) is 18.1 Å². The summed E-state index contributed by atoms with van der Waals surface area (Å²) in [4.78, 5) is 19.5. The molecule has 0 aliphatic rings. The van der Waals surface area contributed by atoms with E-state index in [9.17, 15) is 4.79 Å². The molecule has 0 bridgehead atoms. The number of nitrogens with zero attached hydrogens (tertiary/aromatic N) is 2. The molecule has 0 saturated carbocycles. The number of esters is 1. The Morgan fingerprint density at radius 3 is 2.72 bits per heavy atom. The van der Waals surface area contributed by atoms with Crippen molar-refractivity contribution in [2.75, 3.05) is 12.4 Å². The van der Waals surface area contributed by atoms with E-state index < -0.39 is 5.97 Å². The molecular weight excluding hydrogens is 254 g/mol. The Balaban J connectivity index is 2.27. The van der Waals surface area contributed by atoms with Crippen LogP contribution in [-0.2, 0) is 4.74 Å². The van der Waals surface area contributed by atoms with E-state index in [4.69, 9.17) is 11.6 Å². The summed E-state index contributed by atoms with van der Waals surface area (Å²) in [7, 11) is 1.30. The number of anilines is 2. The van der Waals surface area contributed by atoms with Gasteiger partial charge in [-0.1, -0.05) is 11.6 Å². The van der Waals surface area contributed by atoms with Crippen molar-refractivity contribution in [3.63, 3.8) is 0 Å². The molecule has 0 aliphatic carbocycles. The normalized spacial score (nSPS) is 9.89. The summed E-state index contributed by atoms with van der Waals surface area (Å²) in [5.41, 5.74) is 0.950. The van der Waals surface area contributed by atoms with Gasteiger partial charge in [-0.05, 0) is 24.3 Å². The molecule has 18 heavy (non-hydrogen) atoms. The molecule has 5 nitrogen and oxygen atoms in total. The molecule has 0 amide bonds. The number of methoxy groups -OCH3 is 1. The molecule has 1 aromatic heterocycles. The monoisotopic (exact) mass is 263 g/mol. The van der Waals surface area contributed by atoms with Crippen LogP contribution in [0.25, 0.3) is 0 Å². The van der Waals surface area contributed by atoms with Crippen molar-refractivity contribution in [3.05, 3.63) is 47.2 Å². The summed E-state index contributed by atoms with van der Waals surface area (Å²) in [5.74, 6) is -0.0479. The molecule has 0 spiro atoms. The molecule has 0 saturated heterocycles. The van der Waals surface area contributed by atoms with Crippen molar-refractivity contribution < 1.29 is 9.53 Å². The van der Waals surface area contributed by atoms with Crippen molar-refractivity contribution in [1.82, 2.24) is 9.97 Å². The highest BCUT2D eigenvalue weighted by molar-refractivity contribution is 6.33. The maximum absolute atomic E-state index is 11.5. The van der Waals surface area contributed by atoms with Crippen LogP contribution in [0, 0.1) is 0 Å². The molecule has 1 heterocycles. The lowest BCUT2D eigenvalue weighted by atomic mass is 10.2. The van der Waals surface area contributed by atoms with Crippen LogP contribution < -0.4 is 5.32 Å². The van der Waals surface area contributed by atoms with Gasteiger partial charge in [-0.3, -0.25) is 0 Å². The lowest BCUT2D eigenvalue weighted by Crippen LogP contribution is -2.03. The molecular formula is C12H10ClN3O2. The number of halogens is 1. The quantitative estimate of drug-likeness (QED) is 0.863. The Kier molecular flexibility index (Phi) is 3.74. The summed E-state index contributed by atoms with van der Waals surface area (Å²) in [6.45, 7) is 0. The maximum Gasteiger partial charge on any atom is 0.339 e. The third kappa shape index (κ3) is 2.75. The lowest BCUT2D eigenvalue weighted by Gasteiger charge is -2.07. The van der Waals surface area contributed by atoms with Gasteiger partial charge in [0.2, 0.25) is 5.95 Å². The number of hydrogen-bond acceptors (Lipinski definition) is 5. The second-order valence-corrected chi connectivity index (χ2v) is 3.79. The topological polar surface area (TPSA) is 64.1 Å². The van der Waals surface area contributed by atoms with Gasteiger partial charge in [-0.25, -0.2) is 14.8 Å². The largest absolute Gasteiger partial charge is 0.465 e. The standard InChI is InChI=1S/C12H10ClN3O2/c1-18-11(17)9-7-8(3-4-10(9)13)16-12-14-5-2-6-15-12/h2-7H,1H3,(H,14,15,16). The van der Waals surface area contributed by atoms with E-state index in [0.717, 1.165) is 0 Å². The fourth-order valence-electron chi connectivity index (χ4n) is 1.36. The van der Waals surface area contributed by atoms with Crippen LogP contribution in [0.15, 0.2) is 36.7 Å². The number of carbonyl (C=O) groups excluding carboxylic acids is 1. The van der Waals surface area contributed by atoms with Crippen molar-refractivity contribution >= 4 is 29.2 Å². The van der Waals surface area contributed by atoms with E-state index in [1.54, 1.807) is 36.7 Å². The van der Waals surface area contributed by atoms with Crippen molar-refractivity contribution in [3.8, 4) is 0 Å². The van der Waals surface area contributed by atoms with Crippen LogP contribution in [0.2, 0.25) is 5.02 Å². The van der Waals surface area contributed by atoms with Crippen LogP contribution in [0.1, 0.15) is 10.4 Å². The number of benzene rings is 1. The minimum atomic E-state index is -0.488. The van der Waals surface area contributed by atoms with Gasteiger partial charge in [0.1, 0.15) is 0 Å². The summed E-state index contributed by atoms with van der Waals surface area (Å²) in [6.07, 6.45) is 3.24. The third-order valence-corrected chi connectivity index (χ3v) is 2.52. The fraction of sp³-hybridized carbons (Fsp3) is 0.0833. The van der Waals surface area contributed by atoms with Gasteiger partial charge >= 0.3 is 5.97 Å². The fourth-order valence-corrected chi connectivity index (χ4v) is 1.56. The Morgan fingerprint density at radius 2 is 2.06 bits per heavy atom. The average molecular weight is 264 g/mol. The van der Waals surface area contributed by atoms with Crippen LogP contribution in [0.5, 0.6) is 0 Å². The predicted octanol–water partition coefficient (Wildman–Crippen LogP) is 2.66. The molecule has 0 radical (unpaired) electrons. The molecule has 0 aliphatic heterocycles. The van der Waals surface area contributed by atoms with Crippen molar-refractivity contribution in [1.29, 1.82) is 0 Å². The molecule has 1 N–H and O–H groups in total. The van der Waals surface area contributed by atoms with Crippen LogP contribution >= 0.6 is 11.6 Å². The predicted molar refractivity (Wildman–Crippen MR) is 68.1 cm³/mol. The minimum Gasteiger partial charge on any atom is -0.465 e.